The number of hydrogen-bond donors (Lipinski definition) is 1. The minimum atomic E-state index is -0.690. The number of nitrogens with zero attached hydrogens (tertiary/aromatic N) is 2. The van der Waals surface area contributed by atoms with E-state index in [2.05, 4.69) is 17.2 Å². The normalized spacial score (nSPS) is 20.9. The van der Waals surface area contributed by atoms with Gasteiger partial charge in [-0.15, -0.1) is 0 Å². The van der Waals surface area contributed by atoms with Gasteiger partial charge in [-0.25, -0.2) is 0 Å². The first-order valence-corrected chi connectivity index (χ1v) is 6.88. The summed E-state index contributed by atoms with van der Waals surface area (Å²) in [7, 11) is 0. The number of carboxylic acid groups (broad SMARTS) is 1. The maximum atomic E-state index is 11.0. The lowest BCUT2D eigenvalue weighted by molar-refractivity contribution is -0.138. The fraction of sp³-hybridized carbons (Fsp3) is 0.375. The maximum Gasteiger partial charge on any atom is 0.307 e. The van der Waals surface area contributed by atoms with E-state index in [4.69, 9.17) is 5.11 Å². The summed E-state index contributed by atoms with van der Waals surface area (Å²) in [6.45, 7) is 4.74. The van der Waals surface area contributed by atoms with E-state index in [-0.39, 0.29) is 11.8 Å². The lowest BCUT2D eigenvalue weighted by atomic mass is 10.1. The van der Waals surface area contributed by atoms with Crippen LogP contribution in [0.5, 0.6) is 0 Å². The molecule has 1 saturated carbocycles. The molecule has 20 heavy (non-hydrogen) atoms. The standard InChI is InChI=1S/C16H18N2O2/c1-10-15(13-8-14(13)16(19)20)11(2)18(17-10)9-12-6-4-3-5-7-12/h3-7,13-14H,8-9H2,1-2H3,(H,19,20). The van der Waals surface area contributed by atoms with Crippen molar-refractivity contribution < 1.29 is 9.90 Å². The molecular formula is C16H18N2O2. The van der Waals surface area contributed by atoms with Crippen molar-refractivity contribution >= 4 is 5.97 Å². The Hall–Kier alpha value is -2.10. The van der Waals surface area contributed by atoms with Gasteiger partial charge in [0.05, 0.1) is 18.2 Å². The third kappa shape index (κ3) is 2.22. The summed E-state index contributed by atoms with van der Waals surface area (Å²) in [4.78, 5) is 11.0. The van der Waals surface area contributed by atoms with E-state index in [1.165, 1.54) is 5.56 Å². The van der Waals surface area contributed by atoms with Crippen molar-refractivity contribution in [1.29, 1.82) is 0 Å². The van der Waals surface area contributed by atoms with Crippen LogP contribution in [-0.4, -0.2) is 20.9 Å². The van der Waals surface area contributed by atoms with Gasteiger partial charge in [-0.3, -0.25) is 9.48 Å². The quantitative estimate of drug-likeness (QED) is 0.929. The molecule has 1 aliphatic rings. The van der Waals surface area contributed by atoms with Crippen molar-refractivity contribution in [2.24, 2.45) is 5.92 Å². The van der Waals surface area contributed by atoms with E-state index in [1.807, 2.05) is 36.7 Å². The van der Waals surface area contributed by atoms with Crippen molar-refractivity contribution in [2.45, 2.75) is 32.7 Å². The summed E-state index contributed by atoms with van der Waals surface area (Å²) >= 11 is 0. The van der Waals surface area contributed by atoms with Crippen LogP contribution in [0.25, 0.3) is 0 Å². The first kappa shape index (κ1) is 12.9. The Kier molecular flexibility index (Phi) is 3.08. The molecule has 2 atom stereocenters. The lowest BCUT2D eigenvalue weighted by Gasteiger charge is -2.05. The molecule has 104 valence electrons. The summed E-state index contributed by atoms with van der Waals surface area (Å²) < 4.78 is 1.98. The Morgan fingerprint density at radius 1 is 1.35 bits per heavy atom. The number of carbonyl (C=O) groups is 1. The number of aryl methyl sites for hydroxylation is 1. The Bertz CT molecular complexity index is 646. The molecule has 0 saturated heterocycles. The van der Waals surface area contributed by atoms with Crippen molar-refractivity contribution in [3.63, 3.8) is 0 Å². The monoisotopic (exact) mass is 270 g/mol. The van der Waals surface area contributed by atoms with Crippen LogP contribution >= 0.6 is 0 Å². The third-order valence-electron chi connectivity index (χ3n) is 4.09. The molecule has 1 N–H and O–H groups in total. The number of aromatic nitrogens is 2. The molecule has 4 heteroatoms. The van der Waals surface area contributed by atoms with Crippen molar-refractivity contribution in [1.82, 2.24) is 9.78 Å². The first-order valence-electron chi connectivity index (χ1n) is 6.88. The van der Waals surface area contributed by atoms with Gasteiger partial charge >= 0.3 is 5.97 Å². The fourth-order valence-electron chi connectivity index (χ4n) is 2.94. The first-order chi connectivity index (χ1) is 9.58. The molecule has 1 aromatic heterocycles. The molecule has 1 heterocycles. The van der Waals surface area contributed by atoms with Gasteiger partial charge in [-0.2, -0.15) is 5.10 Å². The summed E-state index contributed by atoms with van der Waals surface area (Å²) in [5, 5.41) is 13.7. The molecule has 0 radical (unpaired) electrons. The molecule has 4 nitrogen and oxygen atoms in total. The van der Waals surface area contributed by atoms with E-state index in [0.29, 0.717) is 0 Å². The number of hydrogen-bond acceptors (Lipinski definition) is 2. The zero-order chi connectivity index (χ0) is 14.3. The molecule has 0 spiro atoms. The SMILES string of the molecule is Cc1nn(Cc2ccccc2)c(C)c1C1CC1C(=O)O. The summed E-state index contributed by atoms with van der Waals surface area (Å²) in [6, 6.07) is 10.2. The van der Waals surface area contributed by atoms with E-state index in [1.54, 1.807) is 0 Å². The van der Waals surface area contributed by atoms with Gasteiger partial charge in [0.15, 0.2) is 0 Å². The summed E-state index contributed by atoms with van der Waals surface area (Å²) in [5.74, 6) is -0.761. The second-order valence-corrected chi connectivity index (χ2v) is 5.51. The highest BCUT2D eigenvalue weighted by Gasteiger charge is 2.46. The van der Waals surface area contributed by atoms with Crippen molar-refractivity contribution in [2.75, 3.05) is 0 Å². The second-order valence-electron chi connectivity index (χ2n) is 5.51. The van der Waals surface area contributed by atoms with Crippen molar-refractivity contribution in [3.05, 3.63) is 52.8 Å². The van der Waals surface area contributed by atoms with E-state index in [9.17, 15) is 4.79 Å². The average Bonchev–Trinajstić information content (AvgIpc) is 3.14. The Morgan fingerprint density at radius 3 is 2.65 bits per heavy atom. The molecule has 2 aromatic rings. The van der Waals surface area contributed by atoms with E-state index >= 15 is 0 Å². The van der Waals surface area contributed by atoms with Gasteiger partial charge in [0, 0.05) is 11.6 Å². The second kappa shape index (κ2) is 4.78. The zero-order valence-corrected chi connectivity index (χ0v) is 11.7. The Balaban J connectivity index is 1.86. The van der Waals surface area contributed by atoms with Gasteiger partial charge in [-0.05, 0) is 31.4 Å². The summed E-state index contributed by atoms with van der Waals surface area (Å²) in [6.07, 6.45) is 0.744. The fourth-order valence-corrected chi connectivity index (χ4v) is 2.94. The van der Waals surface area contributed by atoms with Crippen LogP contribution in [0.15, 0.2) is 30.3 Å². The lowest BCUT2D eigenvalue weighted by Crippen LogP contribution is -2.04. The Morgan fingerprint density at radius 2 is 2.05 bits per heavy atom. The molecule has 0 bridgehead atoms. The topological polar surface area (TPSA) is 55.1 Å². The van der Waals surface area contributed by atoms with Gasteiger partial charge in [0.25, 0.3) is 0 Å². The highest BCUT2D eigenvalue weighted by molar-refractivity contribution is 5.75. The van der Waals surface area contributed by atoms with Crippen LogP contribution in [0.4, 0.5) is 0 Å². The minimum Gasteiger partial charge on any atom is -0.481 e. The smallest absolute Gasteiger partial charge is 0.307 e. The predicted molar refractivity (Wildman–Crippen MR) is 75.7 cm³/mol. The van der Waals surface area contributed by atoms with Crippen molar-refractivity contribution in [3.8, 4) is 0 Å². The highest BCUT2D eigenvalue weighted by Crippen LogP contribution is 2.49. The predicted octanol–water partition coefficient (Wildman–Crippen LogP) is 2.74. The number of benzene rings is 1. The van der Waals surface area contributed by atoms with Crippen LogP contribution in [0.2, 0.25) is 0 Å². The van der Waals surface area contributed by atoms with E-state index in [0.717, 1.165) is 29.9 Å². The largest absolute Gasteiger partial charge is 0.481 e. The Labute approximate surface area is 118 Å². The van der Waals surface area contributed by atoms with Gasteiger partial charge < -0.3 is 5.11 Å². The molecule has 0 aliphatic heterocycles. The van der Waals surface area contributed by atoms with Gasteiger partial charge in [0.1, 0.15) is 0 Å². The highest BCUT2D eigenvalue weighted by atomic mass is 16.4. The number of aliphatic carboxylic acids is 1. The molecule has 0 amide bonds. The molecule has 1 aliphatic carbocycles. The van der Waals surface area contributed by atoms with E-state index < -0.39 is 5.97 Å². The minimum absolute atomic E-state index is 0.150. The zero-order valence-electron chi connectivity index (χ0n) is 11.7. The molecule has 3 rings (SSSR count). The van der Waals surface area contributed by atoms with Crippen LogP contribution in [0.1, 0.15) is 34.9 Å². The number of rotatable bonds is 4. The van der Waals surface area contributed by atoms with Crippen LogP contribution < -0.4 is 0 Å². The third-order valence-corrected chi connectivity index (χ3v) is 4.09. The van der Waals surface area contributed by atoms with Gasteiger partial charge in [-0.1, -0.05) is 30.3 Å². The summed E-state index contributed by atoms with van der Waals surface area (Å²) in [5.41, 5.74) is 4.40. The maximum absolute atomic E-state index is 11.0. The molecule has 1 fully saturated rings. The molecule has 2 unspecified atom stereocenters. The van der Waals surface area contributed by atoms with Crippen LogP contribution in [0, 0.1) is 19.8 Å². The average molecular weight is 270 g/mol. The number of carboxylic acids is 1. The molecule has 1 aromatic carbocycles. The van der Waals surface area contributed by atoms with Crippen LogP contribution in [0.3, 0.4) is 0 Å². The molecular weight excluding hydrogens is 252 g/mol. The van der Waals surface area contributed by atoms with Crippen LogP contribution in [-0.2, 0) is 11.3 Å². The van der Waals surface area contributed by atoms with Gasteiger partial charge in [0.2, 0.25) is 0 Å².